The molecular formula is C28H24N6O4S. The first-order chi connectivity index (χ1) is 18.7. The van der Waals surface area contributed by atoms with Gasteiger partial charge in [-0.15, -0.1) is 10.2 Å². The molecule has 5 rings (SSSR count). The second kappa shape index (κ2) is 10.5. The lowest BCUT2D eigenvalue weighted by Gasteiger charge is -2.10. The summed E-state index contributed by atoms with van der Waals surface area (Å²) in [6, 6.07) is 20.9. The molecule has 2 N–H and O–H groups in total. The molecule has 0 saturated carbocycles. The van der Waals surface area contributed by atoms with Crippen LogP contribution in [-0.2, 0) is 0 Å². The molecule has 0 aliphatic rings. The van der Waals surface area contributed by atoms with Crippen LogP contribution in [-0.4, -0.2) is 30.9 Å². The number of hydrogen-bond acceptors (Lipinski definition) is 7. The average molecular weight is 541 g/mol. The maximum Gasteiger partial charge on any atom is 0.293 e. The fourth-order valence-electron chi connectivity index (χ4n) is 4.07. The van der Waals surface area contributed by atoms with Gasteiger partial charge in [-0.05, 0) is 78.7 Å². The molecule has 0 fully saturated rings. The van der Waals surface area contributed by atoms with Gasteiger partial charge < -0.3 is 9.73 Å². The Bertz CT molecular complexity index is 1720. The Morgan fingerprint density at radius 3 is 2.41 bits per heavy atom. The van der Waals surface area contributed by atoms with Gasteiger partial charge in [0.15, 0.2) is 10.9 Å². The zero-order valence-electron chi connectivity index (χ0n) is 21.3. The van der Waals surface area contributed by atoms with Crippen molar-refractivity contribution in [1.29, 1.82) is 0 Å². The standard InChI is InChI=1S/C28H24N6O4S/c1-16(2)18-8-10-19(11-9-18)33-31-22-14-17(3)21(15-23(22)32-33)29-28(39)30-27(35)26-13-12-25(38-26)20-6-4-5-7-24(20)34(36)37/h4-16H,1-3H3,(H2,29,30,35,39). The van der Waals surface area contributed by atoms with Crippen molar-refractivity contribution in [2.24, 2.45) is 0 Å². The SMILES string of the molecule is Cc1cc2nn(-c3ccc(C(C)C)cc3)nc2cc1NC(=S)NC(=O)c1ccc(-c2ccccc2[N+](=O)[O-])o1. The van der Waals surface area contributed by atoms with Crippen molar-refractivity contribution >= 4 is 45.6 Å². The summed E-state index contributed by atoms with van der Waals surface area (Å²) in [5, 5.41) is 26.2. The molecule has 0 bridgehead atoms. The van der Waals surface area contributed by atoms with E-state index in [0.717, 1.165) is 16.8 Å². The number of rotatable bonds is 6. The molecule has 0 unspecified atom stereocenters. The fraction of sp³-hybridized carbons (Fsp3) is 0.143. The van der Waals surface area contributed by atoms with Crippen LogP contribution in [0.5, 0.6) is 0 Å². The number of anilines is 1. The molecular weight excluding hydrogens is 516 g/mol. The van der Waals surface area contributed by atoms with E-state index in [-0.39, 0.29) is 27.9 Å². The van der Waals surface area contributed by atoms with E-state index in [1.165, 1.54) is 23.8 Å². The number of amides is 1. The highest BCUT2D eigenvalue weighted by molar-refractivity contribution is 7.80. The highest BCUT2D eigenvalue weighted by atomic mass is 32.1. The maximum atomic E-state index is 12.7. The highest BCUT2D eigenvalue weighted by Crippen LogP contribution is 2.31. The van der Waals surface area contributed by atoms with E-state index in [9.17, 15) is 14.9 Å². The number of nitrogens with one attached hydrogen (secondary N) is 2. The number of furan rings is 1. The lowest BCUT2D eigenvalue weighted by Crippen LogP contribution is -2.34. The Morgan fingerprint density at radius 2 is 1.72 bits per heavy atom. The number of nitrogens with zero attached hydrogens (tertiary/aromatic N) is 4. The number of nitro groups is 1. The molecule has 0 spiro atoms. The van der Waals surface area contributed by atoms with Crippen LogP contribution in [0.2, 0.25) is 0 Å². The van der Waals surface area contributed by atoms with E-state index < -0.39 is 10.8 Å². The van der Waals surface area contributed by atoms with Crippen LogP contribution in [0.25, 0.3) is 28.0 Å². The Hall–Kier alpha value is -4.90. The van der Waals surface area contributed by atoms with E-state index in [2.05, 4.69) is 46.8 Å². The molecule has 0 aliphatic heterocycles. The lowest BCUT2D eigenvalue weighted by molar-refractivity contribution is -0.384. The van der Waals surface area contributed by atoms with Gasteiger partial charge in [-0.25, -0.2) is 0 Å². The summed E-state index contributed by atoms with van der Waals surface area (Å²) >= 11 is 5.35. The number of carbonyl (C=O) groups excluding carboxylic acids is 1. The first-order valence-corrected chi connectivity index (χ1v) is 12.5. The zero-order valence-corrected chi connectivity index (χ0v) is 22.2. The number of nitro benzene ring substituents is 1. The third-order valence-electron chi connectivity index (χ3n) is 6.19. The summed E-state index contributed by atoms with van der Waals surface area (Å²) in [4.78, 5) is 25.1. The highest BCUT2D eigenvalue weighted by Gasteiger charge is 2.20. The van der Waals surface area contributed by atoms with Crippen molar-refractivity contribution < 1.29 is 14.1 Å². The number of fused-ring (bicyclic) bond motifs is 1. The molecule has 2 heterocycles. The van der Waals surface area contributed by atoms with Gasteiger partial charge in [-0.1, -0.05) is 38.1 Å². The number of hydrogen-bond donors (Lipinski definition) is 2. The van der Waals surface area contributed by atoms with Crippen LogP contribution < -0.4 is 10.6 Å². The molecule has 196 valence electrons. The van der Waals surface area contributed by atoms with E-state index in [1.54, 1.807) is 23.0 Å². The molecule has 1 amide bonds. The largest absolute Gasteiger partial charge is 0.451 e. The predicted molar refractivity (Wildman–Crippen MR) is 152 cm³/mol. The zero-order chi connectivity index (χ0) is 27.7. The van der Waals surface area contributed by atoms with Crippen LogP contribution in [0.4, 0.5) is 11.4 Å². The van der Waals surface area contributed by atoms with Crippen molar-refractivity contribution in [3.05, 3.63) is 99.8 Å². The smallest absolute Gasteiger partial charge is 0.293 e. The third-order valence-corrected chi connectivity index (χ3v) is 6.39. The van der Waals surface area contributed by atoms with Crippen LogP contribution in [0.1, 0.15) is 41.4 Å². The minimum Gasteiger partial charge on any atom is -0.451 e. The molecule has 11 heteroatoms. The quantitative estimate of drug-likeness (QED) is 0.149. The second-order valence-electron chi connectivity index (χ2n) is 9.24. The van der Waals surface area contributed by atoms with Crippen LogP contribution in [0.3, 0.4) is 0 Å². The number of aryl methyl sites for hydroxylation is 1. The van der Waals surface area contributed by atoms with Gasteiger partial charge in [-0.3, -0.25) is 20.2 Å². The van der Waals surface area contributed by atoms with Crippen molar-refractivity contribution in [2.75, 3.05) is 5.32 Å². The van der Waals surface area contributed by atoms with Gasteiger partial charge in [0, 0.05) is 11.8 Å². The van der Waals surface area contributed by atoms with Gasteiger partial charge in [0.05, 0.1) is 16.2 Å². The maximum absolute atomic E-state index is 12.7. The molecule has 5 aromatic rings. The van der Waals surface area contributed by atoms with E-state index in [4.69, 9.17) is 16.6 Å². The van der Waals surface area contributed by atoms with E-state index in [1.807, 2.05) is 31.2 Å². The summed E-state index contributed by atoms with van der Waals surface area (Å²) in [6.07, 6.45) is 0. The average Bonchev–Trinajstić information content (AvgIpc) is 3.56. The normalized spacial score (nSPS) is 11.1. The van der Waals surface area contributed by atoms with Crippen molar-refractivity contribution in [3.63, 3.8) is 0 Å². The molecule has 39 heavy (non-hydrogen) atoms. The Labute approximate surface area is 228 Å². The lowest BCUT2D eigenvalue weighted by atomic mass is 10.0. The first kappa shape index (κ1) is 25.7. The second-order valence-corrected chi connectivity index (χ2v) is 9.65. The molecule has 10 nitrogen and oxygen atoms in total. The summed E-state index contributed by atoms with van der Waals surface area (Å²) < 4.78 is 5.60. The Balaban J connectivity index is 1.30. The molecule has 2 aromatic heterocycles. The molecule has 0 radical (unpaired) electrons. The molecule has 0 aliphatic carbocycles. The summed E-state index contributed by atoms with van der Waals surface area (Å²) in [7, 11) is 0. The minimum absolute atomic E-state index is 0.0362. The number of aromatic nitrogens is 3. The topological polar surface area (TPSA) is 128 Å². The number of para-hydroxylation sites is 1. The fourth-order valence-corrected chi connectivity index (χ4v) is 4.28. The van der Waals surface area contributed by atoms with Gasteiger partial charge in [-0.2, -0.15) is 4.80 Å². The van der Waals surface area contributed by atoms with Crippen molar-refractivity contribution in [1.82, 2.24) is 20.3 Å². The first-order valence-electron chi connectivity index (χ1n) is 12.1. The van der Waals surface area contributed by atoms with Crippen molar-refractivity contribution in [2.45, 2.75) is 26.7 Å². The predicted octanol–water partition coefficient (Wildman–Crippen LogP) is 6.15. The monoisotopic (exact) mass is 540 g/mol. The Morgan fingerprint density at radius 1 is 1.03 bits per heavy atom. The van der Waals surface area contributed by atoms with E-state index >= 15 is 0 Å². The number of benzene rings is 3. The summed E-state index contributed by atoms with van der Waals surface area (Å²) in [6.45, 7) is 6.18. The minimum atomic E-state index is -0.591. The molecule has 0 saturated heterocycles. The van der Waals surface area contributed by atoms with E-state index in [0.29, 0.717) is 17.1 Å². The number of carbonyl (C=O) groups is 1. The van der Waals surface area contributed by atoms with Crippen LogP contribution in [0.15, 0.2) is 77.2 Å². The van der Waals surface area contributed by atoms with Gasteiger partial charge >= 0.3 is 0 Å². The summed E-state index contributed by atoms with van der Waals surface area (Å²) in [5.74, 6) is 0.0109. The van der Waals surface area contributed by atoms with Gasteiger partial charge in [0.2, 0.25) is 0 Å². The van der Waals surface area contributed by atoms with Gasteiger partial charge in [0.25, 0.3) is 11.6 Å². The third kappa shape index (κ3) is 5.39. The molecule has 3 aromatic carbocycles. The summed E-state index contributed by atoms with van der Waals surface area (Å²) in [5.41, 5.74) is 5.14. The molecule has 0 atom stereocenters. The van der Waals surface area contributed by atoms with Gasteiger partial charge in [0.1, 0.15) is 16.8 Å². The number of thiocarbonyl (C=S) groups is 1. The van der Waals surface area contributed by atoms with Crippen LogP contribution in [0, 0.1) is 17.0 Å². The Kier molecular flexibility index (Phi) is 6.90. The van der Waals surface area contributed by atoms with Crippen LogP contribution >= 0.6 is 12.2 Å². The van der Waals surface area contributed by atoms with Crippen molar-refractivity contribution in [3.8, 4) is 17.0 Å².